The third-order valence-electron chi connectivity index (χ3n) is 1.51. The van der Waals surface area contributed by atoms with Crippen molar-refractivity contribution in [1.29, 1.82) is 0 Å². The molecule has 0 atom stereocenters. The second kappa shape index (κ2) is 3.81. The number of aromatic nitrogens is 1. The number of aryl methyl sites for hydroxylation is 1. The van der Waals surface area contributed by atoms with E-state index < -0.39 is 0 Å². The Kier molecular flexibility index (Phi) is 2.75. The SMILES string of the molecule is C/C(C=O)=C/c1ccc(C)nc1. The zero-order valence-corrected chi connectivity index (χ0v) is 7.24. The fraction of sp³-hybridized carbons (Fsp3) is 0.200. The van der Waals surface area contributed by atoms with Gasteiger partial charge in [-0.1, -0.05) is 6.07 Å². The van der Waals surface area contributed by atoms with Crippen molar-refractivity contribution in [3.8, 4) is 0 Å². The molecule has 0 saturated carbocycles. The highest BCUT2D eigenvalue weighted by atomic mass is 16.1. The highest BCUT2D eigenvalue weighted by Crippen LogP contribution is 2.04. The Morgan fingerprint density at radius 3 is 2.75 bits per heavy atom. The standard InChI is InChI=1S/C10H11NO/c1-8(7-12)5-10-4-3-9(2)11-6-10/h3-7H,1-2H3/b8-5-. The van der Waals surface area contributed by atoms with Gasteiger partial charge in [-0.05, 0) is 37.1 Å². The maximum atomic E-state index is 10.3. The second-order valence-corrected chi connectivity index (χ2v) is 2.74. The van der Waals surface area contributed by atoms with Crippen molar-refractivity contribution in [2.45, 2.75) is 13.8 Å². The van der Waals surface area contributed by atoms with Gasteiger partial charge in [-0.2, -0.15) is 0 Å². The number of hydrogen-bond donors (Lipinski definition) is 0. The highest BCUT2D eigenvalue weighted by molar-refractivity contribution is 5.80. The summed E-state index contributed by atoms with van der Waals surface area (Å²) in [6, 6.07) is 3.86. The molecule has 0 amide bonds. The van der Waals surface area contributed by atoms with Gasteiger partial charge in [0.15, 0.2) is 0 Å². The number of allylic oxidation sites excluding steroid dienone is 1. The van der Waals surface area contributed by atoms with Gasteiger partial charge in [0.2, 0.25) is 0 Å². The lowest BCUT2D eigenvalue weighted by atomic mass is 10.2. The van der Waals surface area contributed by atoms with E-state index in [4.69, 9.17) is 0 Å². The summed E-state index contributed by atoms with van der Waals surface area (Å²) in [6.45, 7) is 3.70. The molecule has 0 radical (unpaired) electrons. The summed E-state index contributed by atoms with van der Waals surface area (Å²) in [4.78, 5) is 14.4. The van der Waals surface area contributed by atoms with Gasteiger partial charge >= 0.3 is 0 Å². The van der Waals surface area contributed by atoms with Gasteiger partial charge in [-0.15, -0.1) is 0 Å². The Morgan fingerprint density at radius 2 is 2.25 bits per heavy atom. The average Bonchev–Trinajstić information content (AvgIpc) is 2.09. The smallest absolute Gasteiger partial charge is 0.145 e. The predicted octanol–water partition coefficient (Wildman–Crippen LogP) is 1.99. The van der Waals surface area contributed by atoms with E-state index in [9.17, 15) is 4.79 Å². The van der Waals surface area contributed by atoms with Crippen LogP contribution >= 0.6 is 0 Å². The zero-order valence-electron chi connectivity index (χ0n) is 7.24. The molecule has 1 heterocycles. The van der Waals surface area contributed by atoms with Crippen molar-refractivity contribution in [3.63, 3.8) is 0 Å². The lowest BCUT2D eigenvalue weighted by molar-refractivity contribution is -0.104. The summed E-state index contributed by atoms with van der Waals surface area (Å²) in [6.07, 6.45) is 4.39. The van der Waals surface area contributed by atoms with Crippen LogP contribution in [0, 0.1) is 6.92 Å². The molecule has 1 rings (SSSR count). The van der Waals surface area contributed by atoms with Crippen LogP contribution in [0.1, 0.15) is 18.2 Å². The zero-order chi connectivity index (χ0) is 8.97. The summed E-state index contributed by atoms with van der Waals surface area (Å²) in [5.41, 5.74) is 2.65. The lowest BCUT2D eigenvalue weighted by Gasteiger charge is -1.94. The third-order valence-corrected chi connectivity index (χ3v) is 1.51. The quantitative estimate of drug-likeness (QED) is 0.490. The molecule has 0 fully saturated rings. The minimum Gasteiger partial charge on any atom is -0.298 e. The minimum atomic E-state index is 0.709. The van der Waals surface area contributed by atoms with Crippen LogP contribution < -0.4 is 0 Å². The number of nitrogens with zero attached hydrogens (tertiary/aromatic N) is 1. The molecule has 2 heteroatoms. The van der Waals surface area contributed by atoms with Crippen LogP contribution in [0.3, 0.4) is 0 Å². The molecule has 0 aliphatic carbocycles. The number of carbonyl (C=O) groups is 1. The first-order valence-electron chi connectivity index (χ1n) is 3.78. The largest absolute Gasteiger partial charge is 0.298 e. The van der Waals surface area contributed by atoms with Gasteiger partial charge < -0.3 is 0 Å². The summed E-state index contributed by atoms with van der Waals surface area (Å²) < 4.78 is 0. The van der Waals surface area contributed by atoms with Crippen molar-refractivity contribution >= 4 is 12.4 Å². The number of hydrogen-bond acceptors (Lipinski definition) is 2. The van der Waals surface area contributed by atoms with E-state index in [-0.39, 0.29) is 0 Å². The van der Waals surface area contributed by atoms with E-state index in [1.165, 1.54) is 0 Å². The molecule has 0 spiro atoms. The molecule has 2 nitrogen and oxygen atoms in total. The van der Waals surface area contributed by atoms with Crippen LogP contribution in [-0.2, 0) is 4.79 Å². The normalized spacial score (nSPS) is 11.3. The molecule has 0 aliphatic rings. The van der Waals surface area contributed by atoms with Gasteiger partial charge in [-0.25, -0.2) is 0 Å². The lowest BCUT2D eigenvalue weighted by Crippen LogP contribution is -1.82. The average molecular weight is 161 g/mol. The van der Waals surface area contributed by atoms with E-state index in [0.29, 0.717) is 5.57 Å². The molecule has 12 heavy (non-hydrogen) atoms. The van der Waals surface area contributed by atoms with Crippen molar-refractivity contribution in [3.05, 3.63) is 35.2 Å². The van der Waals surface area contributed by atoms with E-state index >= 15 is 0 Å². The fourth-order valence-corrected chi connectivity index (χ4v) is 0.862. The highest BCUT2D eigenvalue weighted by Gasteiger charge is 1.89. The molecule has 0 bridgehead atoms. The van der Waals surface area contributed by atoms with Gasteiger partial charge in [-0.3, -0.25) is 9.78 Å². The number of rotatable bonds is 2. The number of carbonyl (C=O) groups excluding carboxylic acids is 1. The van der Waals surface area contributed by atoms with Gasteiger partial charge in [0.05, 0.1) is 0 Å². The van der Waals surface area contributed by atoms with Crippen LogP contribution in [0.25, 0.3) is 6.08 Å². The van der Waals surface area contributed by atoms with E-state index in [2.05, 4.69) is 4.98 Å². The van der Waals surface area contributed by atoms with E-state index in [1.54, 1.807) is 19.2 Å². The molecule has 0 unspecified atom stereocenters. The summed E-state index contributed by atoms with van der Waals surface area (Å²) >= 11 is 0. The summed E-state index contributed by atoms with van der Waals surface area (Å²) in [5.74, 6) is 0. The van der Waals surface area contributed by atoms with Crippen LogP contribution in [0.4, 0.5) is 0 Å². The van der Waals surface area contributed by atoms with Crippen LogP contribution in [0.5, 0.6) is 0 Å². The Labute approximate surface area is 71.9 Å². The molecule has 0 saturated heterocycles. The third kappa shape index (κ3) is 2.31. The number of aldehydes is 1. The Bertz CT molecular complexity index is 298. The number of pyridine rings is 1. The first-order valence-corrected chi connectivity index (χ1v) is 3.78. The predicted molar refractivity (Wildman–Crippen MR) is 48.7 cm³/mol. The summed E-state index contributed by atoms with van der Waals surface area (Å²) in [7, 11) is 0. The molecule has 62 valence electrons. The fourth-order valence-electron chi connectivity index (χ4n) is 0.862. The van der Waals surface area contributed by atoms with Crippen molar-refractivity contribution in [1.82, 2.24) is 4.98 Å². The van der Waals surface area contributed by atoms with Crippen molar-refractivity contribution in [2.24, 2.45) is 0 Å². The van der Waals surface area contributed by atoms with E-state index in [0.717, 1.165) is 17.5 Å². The monoisotopic (exact) mass is 161 g/mol. The first kappa shape index (κ1) is 8.65. The molecule has 1 aromatic rings. The van der Waals surface area contributed by atoms with Crippen LogP contribution in [-0.4, -0.2) is 11.3 Å². The van der Waals surface area contributed by atoms with E-state index in [1.807, 2.05) is 19.1 Å². The maximum absolute atomic E-state index is 10.3. The van der Waals surface area contributed by atoms with Crippen molar-refractivity contribution < 1.29 is 4.79 Å². The summed E-state index contributed by atoms with van der Waals surface area (Å²) in [5, 5.41) is 0. The van der Waals surface area contributed by atoms with Gasteiger partial charge in [0.1, 0.15) is 6.29 Å². The maximum Gasteiger partial charge on any atom is 0.145 e. The topological polar surface area (TPSA) is 30.0 Å². The molecular formula is C10H11NO. The van der Waals surface area contributed by atoms with Crippen molar-refractivity contribution in [2.75, 3.05) is 0 Å². The van der Waals surface area contributed by atoms with Gasteiger partial charge in [0.25, 0.3) is 0 Å². The van der Waals surface area contributed by atoms with Crippen LogP contribution in [0.2, 0.25) is 0 Å². The molecular weight excluding hydrogens is 150 g/mol. The Balaban J connectivity index is 2.91. The molecule has 0 N–H and O–H groups in total. The first-order chi connectivity index (χ1) is 5.72. The second-order valence-electron chi connectivity index (χ2n) is 2.74. The Morgan fingerprint density at radius 1 is 1.50 bits per heavy atom. The minimum absolute atomic E-state index is 0.709. The van der Waals surface area contributed by atoms with Crippen LogP contribution in [0.15, 0.2) is 23.9 Å². The molecule has 0 aromatic carbocycles. The Hall–Kier alpha value is -1.44. The molecule has 1 aromatic heterocycles. The molecule has 0 aliphatic heterocycles. The van der Waals surface area contributed by atoms with Gasteiger partial charge in [0, 0.05) is 11.9 Å².